The number of aryl methyl sites for hydroxylation is 1. The highest BCUT2D eigenvalue weighted by Gasteiger charge is 2.06. The van der Waals surface area contributed by atoms with Crippen LogP contribution in [0, 0.1) is 6.92 Å². The number of hydrogen-bond acceptors (Lipinski definition) is 2. The van der Waals surface area contributed by atoms with Crippen molar-refractivity contribution in [2.75, 3.05) is 6.54 Å². The molecule has 0 aliphatic heterocycles. The highest BCUT2D eigenvalue weighted by molar-refractivity contribution is 7.80. The molecule has 1 aromatic carbocycles. The SMILES string of the molecule is CCCCCCCNC(=S)NC(=O)c1ccc(C)cc1. The Balaban J connectivity index is 2.21. The minimum atomic E-state index is -0.159. The van der Waals surface area contributed by atoms with Crippen LogP contribution in [-0.4, -0.2) is 17.6 Å². The summed E-state index contributed by atoms with van der Waals surface area (Å²) in [6.45, 7) is 5.01. The maximum absolute atomic E-state index is 11.9. The first-order valence-corrected chi connectivity index (χ1v) is 7.70. The number of thiocarbonyl (C=S) groups is 1. The molecular formula is C16H24N2OS. The third kappa shape index (κ3) is 6.66. The fraction of sp³-hybridized carbons (Fsp3) is 0.500. The van der Waals surface area contributed by atoms with Crippen LogP contribution in [0.4, 0.5) is 0 Å². The number of amides is 1. The van der Waals surface area contributed by atoms with E-state index in [4.69, 9.17) is 12.2 Å². The first-order chi connectivity index (χ1) is 9.63. The molecule has 0 saturated heterocycles. The topological polar surface area (TPSA) is 41.1 Å². The van der Waals surface area contributed by atoms with Gasteiger partial charge in [0.1, 0.15) is 0 Å². The zero-order valence-electron chi connectivity index (χ0n) is 12.4. The molecule has 0 saturated carbocycles. The van der Waals surface area contributed by atoms with Gasteiger partial charge in [-0.2, -0.15) is 0 Å². The number of carbonyl (C=O) groups is 1. The summed E-state index contributed by atoms with van der Waals surface area (Å²) in [5.74, 6) is -0.159. The third-order valence-corrected chi connectivity index (χ3v) is 3.35. The molecule has 1 amide bonds. The van der Waals surface area contributed by atoms with E-state index in [0.717, 1.165) is 18.5 Å². The predicted molar refractivity (Wildman–Crippen MR) is 88.0 cm³/mol. The number of hydrogen-bond donors (Lipinski definition) is 2. The van der Waals surface area contributed by atoms with E-state index in [1.165, 1.54) is 25.7 Å². The van der Waals surface area contributed by atoms with Gasteiger partial charge in [-0.05, 0) is 37.7 Å². The van der Waals surface area contributed by atoms with Crippen LogP contribution in [0.3, 0.4) is 0 Å². The Morgan fingerprint density at radius 2 is 1.75 bits per heavy atom. The van der Waals surface area contributed by atoms with Gasteiger partial charge in [0.2, 0.25) is 0 Å². The molecule has 3 nitrogen and oxygen atoms in total. The molecule has 0 aromatic heterocycles. The zero-order chi connectivity index (χ0) is 14.8. The largest absolute Gasteiger partial charge is 0.362 e. The van der Waals surface area contributed by atoms with Gasteiger partial charge in [-0.25, -0.2) is 0 Å². The fourth-order valence-corrected chi connectivity index (χ4v) is 2.05. The Morgan fingerprint density at radius 3 is 2.40 bits per heavy atom. The van der Waals surface area contributed by atoms with Crippen molar-refractivity contribution in [3.8, 4) is 0 Å². The van der Waals surface area contributed by atoms with Gasteiger partial charge in [0.25, 0.3) is 5.91 Å². The molecule has 2 N–H and O–H groups in total. The molecule has 0 fully saturated rings. The van der Waals surface area contributed by atoms with Crippen LogP contribution >= 0.6 is 12.2 Å². The van der Waals surface area contributed by atoms with Crippen molar-refractivity contribution in [2.45, 2.75) is 46.0 Å². The van der Waals surface area contributed by atoms with Gasteiger partial charge in [0.05, 0.1) is 0 Å². The standard InChI is InChI=1S/C16H24N2OS/c1-3-4-5-6-7-12-17-16(20)18-15(19)14-10-8-13(2)9-11-14/h8-11H,3-7,12H2,1-2H3,(H2,17,18,19,20). The average molecular weight is 292 g/mol. The molecule has 0 aliphatic carbocycles. The summed E-state index contributed by atoms with van der Waals surface area (Å²) in [4.78, 5) is 11.9. The van der Waals surface area contributed by atoms with E-state index in [9.17, 15) is 4.79 Å². The predicted octanol–water partition coefficient (Wildman–Crippen LogP) is 3.57. The van der Waals surface area contributed by atoms with Crippen molar-refractivity contribution in [1.29, 1.82) is 0 Å². The zero-order valence-corrected chi connectivity index (χ0v) is 13.2. The number of nitrogens with one attached hydrogen (secondary N) is 2. The van der Waals surface area contributed by atoms with E-state index < -0.39 is 0 Å². The van der Waals surface area contributed by atoms with E-state index in [-0.39, 0.29) is 5.91 Å². The molecule has 0 unspecified atom stereocenters. The molecule has 1 aromatic rings. The lowest BCUT2D eigenvalue weighted by Crippen LogP contribution is -2.39. The quantitative estimate of drug-likeness (QED) is 0.596. The van der Waals surface area contributed by atoms with Crippen LogP contribution in [-0.2, 0) is 0 Å². The van der Waals surface area contributed by atoms with E-state index in [1.54, 1.807) is 12.1 Å². The van der Waals surface area contributed by atoms with Crippen molar-refractivity contribution in [2.24, 2.45) is 0 Å². The highest BCUT2D eigenvalue weighted by Crippen LogP contribution is 2.03. The molecule has 0 aliphatic rings. The second-order valence-electron chi connectivity index (χ2n) is 4.99. The third-order valence-electron chi connectivity index (χ3n) is 3.11. The molecule has 1 rings (SSSR count). The fourth-order valence-electron chi connectivity index (χ4n) is 1.85. The molecule has 110 valence electrons. The van der Waals surface area contributed by atoms with Gasteiger partial charge in [0.15, 0.2) is 5.11 Å². The van der Waals surface area contributed by atoms with Gasteiger partial charge in [-0.1, -0.05) is 50.3 Å². The molecule has 0 atom stereocenters. The lowest BCUT2D eigenvalue weighted by Gasteiger charge is -2.09. The summed E-state index contributed by atoms with van der Waals surface area (Å²) < 4.78 is 0. The number of benzene rings is 1. The molecule has 0 radical (unpaired) electrons. The lowest BCUT2D eigenvalue weighted by atomic mass is 10.1. The number of unbranched alkanes of at least 4 members (excludes halogenated alkanes) is 4. The second-order valence-corrected chi connectivity index (χ2v) is 5.40. The van der Waals surface area contributed by atoms with Crippen molar-refractivity contribution < 1.29 is 4.79 Å². The first kappa shape index (κ1) is 16.6. The van der Waals surface area contributed by atoms with Crippen LogP contribution in [0.5, 0.6) is 0 Å². The summed E-state index contributed by atoms with van der Waals surface area (Å²) in [5, 5.41) is 6.18. The van der Waals surface area contributed by atoms with E-state index in [0.29, 0.717) is 10.7 Å². The van der Waals surface area contributed by atoms with Crippen LogP contribution in [0.1, 0.15) is 54.9 Å². The average Bonchev–Trinajstić information content (AvgIpc) is 2.43. The molecule has 0 bridgehead atoms. The number of rotatable bonds is 7. The Hall–Kier alpha value is -1.42. The van der Waals surface area contributed by atoms with Crippen molar-refractivity contribution in [1.82, 2.24) is 10.6 Å². The Labute approximate surface area is 127 Å². The summed E-state index contributed by atoms with van der Waals surface area (Å²) in [7, 11) is 0. The molecule has 20 heavy (non-hydrogen) atoms. The Morgan fingerprint density at radius 1 is 1.10 bits per heavy atom. The summed E-state index contributed by atoms with van der Waals surface area (Å²) in [6, 6.07) is 7.44. The maximum Gasteiger partial charge on any atom is 0.257 e. The van der Waals surface area contributed by atoms with Crippen molar-refractivity contribution in [3.63, 3.8) is 0 Å². The molecular weight excluding hydrogens is 268 g/mol. The van der Waals surface area contributed by atoms with E-state index >= 15 is 0 Å². The minimum Gasteiger partial charge on any atom is -0.362 e. The van der Waals surface area contributed by atoms with Gasteiger partial charge in [0, 0.05) is 12.1 Å². The summed E-state index contributed by atoms with van der Waals surface area (Å²) >= 11 is 5.11. The first-order valence-electron chi connectivity index (χ1n) is 7.29. The lowest BCUT2D eigenvalue weighted by molar-refractivity contribution is 0.0976. The molecule has 0 spiro atoms. The normalized spacial score (nSPS) is 10.1. The summed E-state index contributed by atoms with van der Waals surface area (Å²) in [5.41, 5.74) is 1.76. The van der Waals surface area contributed by atoms with Crippen LogP contribution in [0.2, 0.25) is 0 Å². The van der Waals surface area contributed by atoms with Gasteiger partial charge in [-0.3, -0.25) is 10.1 Å². The van der Waals surface area contributed by atoms with Crippen LogP contribution < -0.4 is 10.6 Å². The van der Waals surface area contributed by atoms with Crippen molar-refractivity contribution >= 4 is 23.2 Å². The smallest absolute Gasteiger partial charge is 0.257 e. The van der Waals surface area contributed by atoms with Gasteiger partial charge in [-0.15, -0.1) is 0 Å². The van der Waals surface area contributed by atoms with Gasteiger partial charge < -0.3 is 5.32 Å². The van der Waals surface area contributed by atoms with Crippen LogP contribution in [0.25, 0.3) is 0 Å². The highest BCUT2D eigenvalue weighted by atomic mass is 32.1. The maximum atomic E-state index is 11.9. The Kier molecular flexibility index (Phi) is 7.88. The monoisotopic (exact) mass is 292 g/mol. The summed E-state index contributed by atoms with van der Waals surface area (Å²) in [6.07, 6.45) is 6.09. The van der Waals surface area contributed by atoms with Crippen molar-refractivity contribution in [3.05, 3.63) is 35.4 Å². The Bertz CT molecular complexity index is 429. The molecule has 0 heterocycles. The van der Waals surface area contributed by atoms with E-state index in [2.05, 4.69) is 17.6 Å². The minimum absolute atomic E-state index is 0.159. The van der Waals surface area contributed by atoms with Gasteiger partial charge >= 0.3 is 0 Å². The van der Waals surface area contributed by atoms with Crippen LogP contribution in [0.15, 0.2) is 24.3 Å². The molecule has 4 heteroatoms. The van der Waals surface area contributed by atoms with E-state index in [1.807, 2.05) is 19.1 Å². The number of carbonyl (C=O) groups excluding carboxylic acids is 1. The second kappa shape index (κ2) is 9.48.